The number of anilines is 1. The first-order valence-corrected chi connectivity index (χ1v) is 6.57. The van der Waals surface area contributed by atoms with E-state index in [1.54, 1.807) is 12.1 Å². The van der Waals surface area contributed by atoms with Gasteiger partial charge < -0.3 is 20.0 Å². The predicted octanol–water partition coefficient (Wildman–Crippen LogP) is 0.919. The summed E-state index contributed by atoms with van der Waals surface area (Å²) in [6, 6.07) is 3.63. The number of aromatic hydroxyl groups is 1. The van der Waals surface area contributed by atoms with Crippen molar-refractivity contribution >= 4 is 22.9 Å². The highest BCUT2D eigenvalue weighted by atomic mass is 16.4. The molecule has 2 aromatic rings. The second kappa shape index (κ2) is 5.04. The van der Waals surface area contributed by atoms with Gasteiger partial charge in [-0.25, -0.2) is 19.7 Å². The summed E-state index contributed by atoms with van der Waals surface area (Å²) in [7, 11) is 1.87. The molecular formula is C13H15N5O3. The lowest BCUT2D eigenvalue weighted by atomic mass is 10.2. The standard InChI is InChI=1S/C13H15N5O3/c1-17(8-4-5-18(6-8)13(20)21)10-3-2-9-11(16-10)12(19)15-7-14-9/h2-3,7-8H,4-6H2,1H3,(H,20,21)(H,14,15,19)/t8-/m0/s1. The second-order valence-corrected chi connectivity index (χ2v) is 5.02. The Morgan fingerprint density at radius 1 is 1.43 bits per heavy atom. The normalized spacial score (nSPS) is 18.1. The van der Waals surface area contributed by atoms with E-state index in [1.165, 1.54) is 11.2 Å². The monoisotopic (exact) mass is 289 g/mol. The summed E-state index contributed by atoms with van der Waals surface area (Å²) in [6.45, 7) is 0.967. The lowest BCUT2D eigenvalue weighted by Gasteiger charge is -2.25. The van der Waals surface area contributed by atoms with E-state index in [0.717, 1.165) is 6.42 Å². The van der Waals surface area contributed by atoms with Gasteiger partial charge in [-0.05, 0) is 18.6 Å². The van der Waals surface area contributed by atoms with E-state index in [9.17, 15) is 9.90 Å². The number of likely N-dealkylation sites (tertiary alicyclic amines) is 1. The maximum atomic E-state index is 11.0. The highest BCUT2D eigenvalue weighted by Gasteiger charge is 2.29. The second-order valence-electron chi connectivity index (χ2n) is 5.02. The van der Waals surface area contributed by atoms with Crippen LogP contribution in [-0.2, 0) is 0 Å². The number of pyridine rings is 1. The van der Waals surface area contributed by atoms with Crippen molar-refractivity contribution in [2.24, 2.45) is 0 Å². The van der Waals surface area contributed by atoms with Crippen LogP contribution in [0.2, 0.25) is 0 Å². The van der Waals surface area contributed by atoms with E-state index in [0.29, 0.717) is 29.9 Å². The van der Waals surface area contributed by atoms with Gasteiger partial charge in [0, 0.05) is 26.2 Å². The molecule has 0 radical (unpaired) electrons. The Kier molecular flexibility index (Phi) is 3.20. The fourth-order valence-electron chi connectivity index (χ4n) is 2.53. The molecule has 1 saturated heterocycles. The summed E-state index contributed by atoms with van der Waals surface area (Å²) in [6.07, 6.45) is 1.13. The molecule has 1 aliphatic heterocycles. The third kappa shape index (κ3) is 2.39. The number of carboxylic acid groups (broad SMARTS) is 1. The van der Waals surface area contributed by atoms with Crippen LogP contribution in [0.3, 0.4) is 0 Å². The molecule has 0 bridgehead atoms. The number of hydrogen-bond donors (Lipinski definition) is 2. The predicted molar refractivity (Wildman–Crippen MR) is 75.4 cm³/mol. The lowest BCUT2D eigenvalue weighted by molar-refractivity contribution is 0.155. The maximum absolute atomic E-state index is 11.0. The highest BCUT2D eigenvalue weighted by molar-refractivity contribution is 5.80. The van der Waals surface area contributed by atoms with Crippen molar-refractivity contribution in [3.63, 3.8) is 0 Å². The molecule has 2 aromatic heterocycles. The van der Waals surface area contributed by atoms with Gasteiger partial charge in [0.1, 0.15) is 12.1 Å². The van der Waals surface area contributed by atoms with E-state index in [2.05, 4.69) is 15.0 Å². The van der Waals surface area contributed by atoms with Crippen LogP contribution >= 0.6 is 0 Å². The molecule has 110 valence electrons. The summed E-state index contributed by atoms with van der Waals surface area (Å²) < 4.78 is 0. The lowest BCUT2D eigenvalue weighted by Crippen LogP contribution is -2.36. The third-order valence-corrected chi connectivity index (χ3v) is 3.79. The Balaban J connectivity index is 1.87. The molecule has 0 aromatic carbocycles. The molecule has 1 amide bonds. The van der Waals surface area contributed by atoms with Crippen molar-refractivity contribution in [1.29, 1.82) is 0 Å². The number of amides is 1. The van der Waals surface area contributed by atoms with Gasteiger partial charge in [0.15, 0.2) is 5.52 Å². The zero-order valence-corrected chi connectivity index (χ0v) is 11.5. The summed E-state index contributed by atoms with van der Waals surface area (Å²) in [4.78, 5) is 26.4. The van der Waals surface area contributed by atoms with Crippen molar-refractivity contribution in [1.82, 2.24) is 19.9 Å². The molecule has 8 nitrogen and oxygen atoms in total. The van der Waals surface area contributed by atoms with Crippen LogP contribution in [0.25, 0.3) is 11.0 Å². The first-order chi connectivity index (χ1) is 10.1. The Morgan fingerprint density at radius 2 is 2.24 bits per heavy atom. The largest absolute Gasteiger partial charge is 0.492 e. The fraction of sp³-hybridized carbons (Fsp3) is 0.385. The van der Waals surface area contributed by atoms with E-state index in [1.807, 2.05) is 11.9 Å². The van der Waals surface area contributed by atoms with Gasteiger partial charge in [0.05, 0.1) is 5.52 Å². The van der Waals surface area contributed by atoms with Gasteiger partial charge in [-0.3, -0.25) is 0 Å². The summed E-state index contributed by atoms with van der Waals surface area (Å²) in [5, 5.41) is 18.7. The Morgan fingerprint density at radius 3 is 2.95 bits per heavy atom. The van der Waals surface area contributed by atoms with Crippen LogP contribution in [0.1, 0.15) is 6.42 Å². The zero-order valence-electron chi connectivity index (χ0n) is 11.5. The number of nitrogens with zero attached hydrogens (tertiary/aromatic N) is 5. The van der Waals surface area contributed by atoms with Crippen LogP contribution in [0.15, 0.2) is 18.5 Å². The minimum absolute atomic E-state index is 0.0674. The smallest absolute Gasteiger partial charge is 0.407 e. The molecule has 1 atom stereocenters. The molecule has 3 rings (SSSR count). The Labute approximate surface area is 120 Å². The fourth-order valence-corrected chi connectivity index (χ4v) is 2.53. The van der Waals surface area contributed by atoms with Gasteiger partial charge in [0.25, 0.3) is 0 Å². The van der Waals surface area contributed by atoms with Crippen molar-refractivity contribution in [3.8, 4) is 5.88 Å². The molecule has 0 unspecified atom stereocenters. The van der Waals surface area contributed by atoms with Crippen LogP contribution < -0.4 is 4.90 Å². The van der Waals surface area contributed by atoms with Gasteiger partial charge in [0.2, 0.25) is 5.88 Å². The molecule has 2 N–H and O–H groups in total. The molecular weight excluding hydrogens is 274 g/mol. The van der Waals surface area contributed by atoms with Crippen molar-refractivity contribution in [2.75, 3.05) is 25.0 Å². The third-order valence-electron chi connectivity index (χ3n) is 3.79. The molecule has 0 saturated carbocycles. The number of likely N-dealkylation sites (N-methyl/N-ethyl adjacent to an activating group) is 1. The molecule has 1 aliphatic rings. The maximum Gasteiger partial charge on any atom is 0.407 e. The highest BCUT2D eigenvalue weighted by Crippen LogP contribution is 2.24. The molecule has 0 aliphatic carbocycles. The first-order valence-electron chi connectivity index (χ1n) is 6.57. The summed E-state index contributed by atoms with van der Waals surface area (Å²) in [5.74, 6) is 0.499. The Hall–Kier alpha value is -2.64. The minimum atomic E-state index is -0.900. The van der Waals surface area contributed by atoms with Gasteiger partial charge >= 0.3 is 6.09 Å². The molecule has 3 heterocycles. The van der Waals surface area contributed by atoms with Crippen molar-refractivity contribution in [2.45, 2.75) is 12.5 Å². The minimum Gasteiger partial charge on any atom is -0.492 e. The molecule has 21 heavy (non-hydrogen) atoms. The molecule has 8 heteroatoms. The SMILES string of the molecule is CN(c1ccc2ncnc(O)c2n1)[C@H]1CCN(C(=O)O)C1. The quantitative estimate of drug-likeness (QED) is 0.847. The number of fused-ring (bicyclic) bond motifs is 1. The van der Waals surface area contributed by atoms with E-state index < -0.39 is 6.09 Å². The van der Waals surface area contributed by atoms with Crippen molar-refractivity contribution < 1.29 is 15.0 Å². The summed E-state index contributed by atoms with van der Waals surface area (Å²) >= 11 is 0. The number of aromatic nitrogens is 3. The summed E-state index contributed by atoms with van der Waals surface area (Å²) in [5.41, 5.74) is 0.910. The Bertz CT molecular complexity index is 693. The number of hydrogen-bond acceptors (Lipinski definition) is 6. The van der Waals surface area contributed by atoms with Crippen LogP contribution in [0.5, 0.6) is 5.88 Å². The van der Waals surface area contributed by atoms with Gasteiger partial charge in [-0.2, -0.15) is 0 Å². The van der Waals surface area contributed by atoms with Crippen LogP contribution in [-0.4, -0.2) is 62.3 Å². The van der Waals surface area contributed by atoms with Gasteiger partial charge in [-0.1, -0.05) is 0 Å². The number of carbonyl (C=O) groups is 1. The number of rotatable bonds is 2. The first kappa shape index (κ1) is 13.3. The van der Waals surface area contributed by atoms with Crippen LogP contribution in [0.4, 0.5) is 10.6 Å². The topological polar surface area (TPSA) is 103 Å². The average Bonchev–Trinajstić information content (AvgIpc) is 2.97. The van der Waals surface area contributed by atoms with Crippen molar-refractivity contribution in [3.05, 3.63) is 18.5 Å². The molecule has 0 spiro atoms. The van der Waals surface area contributed by atoms with E-state index in [4.69, 9.17) is 5.11 Å². The van der Waals surface area contributed by atoms with Gasteiger partial charge in [-0.15, -0.1) is 0 Å². The van der Waals surface area contributed by atoms with Crippen LogP contribution in [0, 0.1) is 0 Å². The molecule has 1 fully saturated rings. The zero-order chi connectivity index (χ0) is 15.0. The average molecular weight is 289 g/mol. The van der Waals surface area contributed by atoms with E-state index in [-0.39, 0.29) is 11.9 Å². The van der Waals surface area contributed by atoms with E-state index >= 15 is 0 Å².